The zero-order valence-corrected chi connectivity index (χ0v) is 12.3. The highest BCUT2D eigenvalue weighted by Gasteiger charge is 2.14. The number of benzene rings is 1. The molecule has 108 valence electrons. The number of nitrogens with two attached hydrogens (primary N) is 1. The Balaban J connectivity index is 0.00000162. The Morgan fingerprint density at radius 1 is 1.21 bits per heavy atom. The molecule has 1 aliphatic heterocycles. The fraction of sp³-hybridized carbons (Fsp3) is 0.462. The number of aliphatic carboxylic acids is 1. The third-order valence-electron chi connectivity index (χ3n) is 3.18. The number of carbonyl (C=O) groups is 1. The molecule has 3 N–H and O–H groups in total. The van der Waals surface area contributed by atoms with Crippen LogP contribution in [0.1, 0.15) is 18.4 Å². The third kappa shape index (κ3) is 4.90. The summed E-state index contributed by atoms with van der Waals surface area (Å²) in [5.41, 5.74) is 7.69. The van der Waals surface area contributed by atoms with Gasteiger partial charge in [0, 0.05) is 18.8 Å². The Kier molecular flexibility index (Phi) is 7.83. The molecule has 0 saturated carbocycles. The zero-order chi connectivity index (χ0) is 12.3. The first kappa shape index (κ1) is 18.0. The van der Waals surface area contributed by atoms with E-state index >= 15 is 0 Å². The fourth-order valence-electron chi connectivity index (χ4n) is 2.16. The van der Waals surface area contributed by atoms with Gasteiger partial charge in [-0.2, -0.15) is 0 Å². The minimum Gasteiger partial charge on any atom is -0.480 e. The maximum Gasteiger partial charge on any atom is 0.320 e. The van der Waals surface area contributed by atoms with Crippen molar-refractivity contribution in [3.63, 3.8) is 0 Å². The topological polar surface area (TPSA) is 66.6 Å². The summed E-state index contributed by atoms with van der Waals surface area (Å²) in [6.45, 7) is 2.24. The normalized spacial score (nSPS) is 15.3. The molecule has 4 nitrogen and oxygen atoms in total. The van der Waals surface area contributed by atoms with Gasteiger partial charge < -0.3 is 15.7 Å². The van der Waals surface area contributed by atoms with Crippen LogP contribution >= 0.6 is 24.8 Å². The van der Waals surface area contributed by atoms with Crippen LogP contribution in [0.4, 0.5) is 5.69 Å². The summed E-state index contributed by atoms with van der Waals surface area (Å²) < 4.78 is 0. The Morgan fingerprint density at radius 2 is 1.74 bits per heavy atom. The summed E-state index contributed by atoms with van der Waals surface area (Å²) >= 11 is 0. The Hall–Kier alpha value is -0.970. The van der Waals surface area contributed by atoms with Gasteiger partial charge in [0.15, 0.2) is 0 Å². The number of rotatable bonds is 4. The second-order valence-electron chi connectivity index (χ2n) is 4.51. The third-order valence-corrected chi connectivity index (χ3v) is 3.18. The Labute approximate surface area is 125 Å². The Morgan fingerprint density at radius 3 is 2.21 bits per heavy atom. The van der Waals surface area contributed by atoms with Gasteiger partial charge in [0.05, 0.1) is 0 Å². The van der Waals surface area contributed by atoms with Gasteiger partial charge in [0.25, 0.3) is 0 Å². The van der Waals surface area contributed by atoms with Crippen LogP contribution in [0.5, 0.6) is 0 Å². The lowest BCUT2D eigenvalue weighted by Crippen LogP contribution is -2.32. The van der Waals surface area contributed by atoms with Crippen LogP contribution in [-0.2, 0) is 11.2 Å². The molecule has 0 bridgehead atoms. The smallest absolute Gasteiger partial charge is 0.320 e. The predicted molar refractivity (Wildman–Crippen MR) is 81.7 cm³/mol. The van der Waals surface area contributed by atoms with Crippen LogP contribution in [0.3, 0.4) is 0 Å². The lowest BCUT2D eigenvalue weighted by molar-refractivity contribution is -0.138. The van der Waals surface area contributed by atoms with Crippen LogP contribution in [0.25, 0.3) is 0 Å². The van der Waals surface area contributed by atoms with Gasteiger partial charge >= 0.3 is 5.97 Å². The highest BCUT2D eigenvalue weighted by molar-refractivity contribution is 5.85. The highest BCUT2D eigenvalue weighted by Crippen LogP contribution is 2.20. The molecule has 0 aliphatic carbocycles. The molecule has 0 aromatic heterocycles. The molecular weight excluding hydrogens is 287 g/mol. The second kappa shape index (κ2) is 8.25. The quantitative estimate of drug-likeness (QED) is 0.894. The highest BCUT2D eigenvalue weighted by atomic mass is 35.5. The molecule has 6 heteroatoms. The first-order chi connectivity index (χ1) is 8.16. The summed E-state index contributed by atoms with van der Waals surface area (Å²) in [6, 6.07) is 7.23. The van der Waals surface area contributed by atoms with E-state index in [0.29, 0.717) is 6.42 Å². The van der Waals surface area contributed by atoms with Crippen molar-refractivity contribution in [3.8, 4) is 0 Å². The standard InChI is InChI=1S/C13H18N2O2.2ClH/c14-12(13(16)17)9-10-3-5-11(6-4-10)15-7-1-2-8-15;;/h3-6,12H,1-2,7-9,14H2,(H,16,17);2*1H/t12-;;/m0../s1. The summed E-state index contributed by atoms with van der Waals surface area (Å²) in [5, 5.41) is 8.74. The van der Waals surface area contributed by atoms with Crippen molar-refractivity contribution in [2.75, 3.05) is 18.0 Å². The molecule has 19 heavy (non-hydrogen) atoms. The van der Waals surface area contributed by atoms with Crippen molar-refractivity contribution in [2.45, 2.75) is 25.3 Å². The number of carboxylic acids is 1. The number of nitrogens with zero attached hydrogens (tertiary/aromatic N) is 1. The first-order valence-electron chi connectivity index (χ1n) is 5.99. The van der Waals surface area contributed by atoms with Crippen molar-refractivity contribution < 1.29 is 9.90 Å². The van der Waals surface area contributed by atoms with Crippen LogP contribution in [-0.4, -0.2) is 30.2 Å². The van der Waals surface area contributed by atoms with Crippen LogP contribution in [0.2, 0.25) is 0 Å². The van der Waals surface area contributed by atoms with E-state index in [9.17, 15) is 4.79 Å². The van der Waals surface area contributed by atoms with E-state index in [2.05, 4.69) is 17.0 Å². The van der Waals surface area contributed by atoms with E-state index in [-0.39, 0.29) is 24.8 Å². The van der Waals surface area contributed by atoms with E-state index < -0.39 is 12.0 Å². The van der Waals surface area contributed by atoms with Crippen molar-refractivity contribution in [1.82, 2.24) is 0 Å². The molecular formula is C13H20Cl2N2O2. The molecule has 1 aromatic carbocycles. The number of halogens is 2. The van der Waals surface area contributed by atoms with Gasteiger partial charge in [-0.15, -0.1) is 24.8 Å². The van der Waals surface area contributed by atoms with Crippen LogP contribution in [0, 0.1) is 0 Å². The maximum atomic E-state index is 10.6. The van der Waals surface area contributed by atoms with E-state index in [0.717, 1.165) is 18.7 Å². The number of anilines is 1. The van der Waals surface area contributed by atoms with Crippen molar-refractivity contribution in [1.29, 1.82) is 0 Å². The molecule has 1 fully saturated rings. The van der Waals surface area contributed by atoms with E-state index in [1.165, 1.54) is 18.5 Å². The van der Waals surface area contributed by atoms with Gasteiger partial charge in [0.1, 0.15) is 6.04 Å². The number of hydrogen-bond donors (Lipinski definition) is 2. The largest absolute Gasteiger partial charge is 0.480 e. The van der Waals surface area contributed by atoms with Crippen LogP contribution < -0.4 is 10.6 Å². The average molecular weight is 307 g/mol. The molecule has 0 spiro atoms. The summed E-state index contributed by atoms with van der Waals surface area (Å²) in [7, 11) is 0. The molecule has 1 atom stereocenters. The minimum absolute atomic E-state index is 0. The zero-order valence-electron chi connectivity index (χ0n) is 10.6. The molecule has 0 unspecified atom stereocenters. The summed E-state index contributed by atoms with van der Waals surface area (Å²) in [4.78, 5) is 13.0. The molecule has 1 aliphatic rings. The van der Waals surface area contributed by atoms with Gasteiger partial charge in [-0.05, 0) is 37.0 Å². The number of hydrogen-bond acceptors (Lipinski definition) is 3. The van der Waals surface area contributed by atoms with E-state index in [1.807, 2.05) is 12.1 Å². The molecule has 2 rings (SSSR count). The number of carboxylic acid groups (broad SMARTS) is 1. The van der Waals surface area contributed by atoms with E-state index in [4.69, 9.17) is 10.8 Å². The molecule has 1 aromatic rings. The first-order valence-corrected chi connectivity index (χ1v) is 5.99. The summed E-state index contributed by atoms with van der Waals surface area (Å²) in [6.07, 6.45) is 2.90. The lowest BCUT2D eigenvalue weighted by atomic mass is 10.1. The second-order valence-corrected chi connectivity index (χ2v) is 4.51. The molecule has 1 heterocycles. The van der Waals surface area contributed by atoms with Gasteiger partial charge in [-0.3, -0.25) is 4.79 Å². The molecule has 0 amide bonds. The maximum absolute atomic E-state index is 10.6. The monoisotopic (exact) mass is 306 g/mol. The van der Waals surface area contributed by atoms with Crippen molar-refractivity contribution in [3.05, 3.63) is 29.8 Å². The van der Waals surface area contributed by atoms with Crippen LogP contribution in [0.15, 0.2) is 24.3 Å². The Bertz CT molecular complexity index is 392. The van der Waals surface area contributed by atoms with Crippen molar-refractivity contribution >= 4 is 36.5 Å². The minimum atomic E-state index is -0.950. The van der Waals surface area contributed by atoms with Crippen molar-refractivity contribution in [2.24, 2.45) is 5.73 Å². The lowest BCUT2D eigenvalue weighted by Gasteiger charge is -2.18. The molecule has 1 saturated heterocycles. The SMILES string of the molecule is Cl.Cl.N[C@@H](Cc1ccc(N2CCCC2)cc1)C(=O)O. The fourth-order valence-corrected chi connectivity index (χ4v) is 2.16. The predicted octanol–water partition coefficient (Wildman–Crippen LogP) is 2.08. The summed E-state index contributed by atoms with van der Waals surface area (Å²) in [5.74, 6) is -0.950. The van der Waals surface area contributed by atoms with Gasteiger partial charge in [-0.1, -0.05) is 12.1 Å². The van der Waals surface area contributed by atoms with Gasteiger partial charge in [-0.25, -0.2) is 0 Å². The molecule has 0 radical (unpaired) electrons. The van der Waals surface area contributed by atoms with E-state index in [1.54, 1.807) is 0 Å². The average Bonchev–Trinajstić information content (AvgIpc) is 2.83. The van der Waals surface area contributed by atoms with Gasteiger partial charge in [0.2, 0.25) is 0 Å².